The van der Waals surface area contributed by atoms with Crippen molar-refractivity contribution in [2.45, 2.75) is 6.04 Å². The van der Waals surface area contributed by atoms with E-state index in [0.29, 0.717) is 5.82 Å². The number of carboxylic acids is 1. The van der Waals surface area contributed by atoms with Crippen LogP contribution in [0.4, 0.5) is 14.6 Å². The van der Waals surface area contributed by atoms with E-state index in [1.807, 2.05) is 0 Å². The number of carbonyl (C=O) groups is 1. The molecule has 1 aliphatic heterocycles. The summed E-state index contributed by atoms with van der Waals surface area (Å²) in [6.07, 6.45) is 2.80. The Morgan fingerprint density at radius 2 is 2.15 bits per heavy atom. The van der Waals surface area contributed by atoms with Gasteiger partial charge in [-0.05, 0) is 12.1 Å². The van der Waals surface area contributed by atoms with Crippen LogP contribution in [0.2, 0.25) is 0 Å². The number of rotatable bonds is 2. The molecule has 102 valence electrons. The molecule has 0 saturated carbocycles. The van der Waals surface area contributed by atoms with Crippen LogP contribution in [-0.2, 0) is 4.79 Å². The number of halogens is 2. The quantitative estimate of drug-likeness (QED) is 0.882. The highest BCUT2D eigenvalue weighted by molar-refractivity contribution is 5.90. The molecule has 1 unspecified atom stereocenters. The summed E-state index contributed by atoms with van der Waals surface area (Å²) < 4.78 is 28.3. The Hall–Kier alpha value is -2.70. The lowest BCUT2D eigenvalue weighted by atomic mass is 10.0. The van der Waals surface area contributed by atoms with Gasteiger partial charge in [-0.15, -0.1) is 0 Å². The standard InChI is InChI=1S/C13H9F2N3O2/c14-7-1-2-8(9(15)5-7)11-6-10(13(19)20)17-12-3-4-16-18(11)12/h1-6,11,17H,(H,19,20). The molecule has 0 bridgehead atoms. The monoisotopic (exact) mass is 277 g/mol. The lowest BCUT2D eigenvalue weighted by Crippen LogP contribution is -2.24. The zero-order valence-electron chi connectivity index (χ0n) is 10.0. The van der Waals surface area contributed by atoms with Crippen molar-refractivity contribution >= 4 is 11.8 Å². The van der Waals surface area contributed by atoms with Crippen molar-refractivity contribution in [2.24, 2.45) is 0 Å². The van der Waals surface area contributed by atoms with Crippen LogP contribution in [0.3, 0.4) is 0 Å². The van der Waals surface area contributed by atoms with E-state index in [9.17, 15) is 13.6 Å². The number of benzene rings is 1. The number of anilines is 1. The van der Waals surface area contributed by atoms with Crippen LogP contribution in [0, 0.1) is 11.6 Å². The average molecular weight is 277 g/mol. The van der Waals surface area contributed by atoms with Crippen molar-refractivity contribution in [3.63, 3.8) is 0 Å². The van der Waals surface area contributed by atoms with Crippen molar-refractivity contribution in [3.8, 4) is 0 Å². The third kappa shape index (κ3) is 1.93. The van der Waals surface area contributed by atoms with Crippen molar-refractivity contribution in [1.82, 2.24) is 9.78 Å². The minimum atomic E-state index is -1.16. The fourth-order valence-electron chi connectivity index (χ4n) is 2.13. The van der Waals surface area contributed by atoms with Crippen LogP contribution in [0.25, 0.3) is 0 Å². The number of nitrogens with zero attached hydrogens (tertiary/aromatic N) is 2. The third-order valence-corrected chi connectivity index (χ3v) is 3.03. The summed E-state index contributed by atoms with van der Waals surface area (Å²) in [5, 5.41) is 15.8. The summed E-state index contributed by atoms with van der Waals surface area (Å²) in [7, 11) is 0. The summed E-state index contributed by atoms with van der Waals surface area (Å²) in [6, 6.07) is 3.99. The van der Waals surface area contributed by atoms with Crippen molar-refractivity contribution in [2.75, 3.05) is 5.32 Å². The first kappa shape index (κ1) is 12.3. The lowest BCUT2D eigenvalue weighted by molar-refractivity contribution is -0.132. The molecule has 20 heavy (non-hydrogen) atoms. The van der Waals surface area contributed by atoms with Gasteiger partial charge in [-0.3, -0.25) is 0 Å². The maximum absolute atomic E-state index is 13.9. The molecule has 5 nitrogen and oxygen atoms in total. The zero-order valence-corrected chi connectivity index (χ0v) is 10.0. The smallest absolute Gasteiger partial charge is 0.352 e. The predicted molar refractivity (Wildman–Crippen MR) is 66.1 cm³/mol. The first-order valence-electron chi connectivity index (χ1n) is 5.77. The highest BCUT2D eigenvalue weighted by Crippen LogP contribution is 2.31. The molecule has 3 rings (SSSR count). The number of allylic oxidation sites excluding steroid dienone is 1. The fourth-order valence-corrected chi connectivity index (χ4v) is 2.13. The van der Waals surface area contributed by atoms with Crippen LogP contribution in [0.1, 0.15) is 11.6 Å². The van der Waals surface area contributed by atoms with E-state index in [2.05, 4.69) is 10.4 Å². The fraction of sp³-hybridized carbons (Fsp3) is 0.0769. The highest BCUT2D eigenvalue weighted by Gasteiger charge is 2.26. The van der Waals surface area contributed by atoms with Gasteiger partial charge in [0.25, 0.3) is 0 Å². The predicted octanol–water partition coefficient (Wildman–Crippen LogP) is 2.14. The maximum atomic E-state index is 13.9. The Bertz CT molecular complexity index is 724. The minimum Gasteiger partial charge on any atom is -0.477 e. The summed E-state index contributed by atoms with van der Waals surface area (Å²) in [4.78, 5) is 11.1. The van der Waals surface area contributed by atoms with E-state index in [1.54, 1.807) is 6.07 Å². The van der Waals surface area contributed by atoms with Crippen molar-refractivity contribution < 1.29 is 18.7 Å². The molecule has 0 spiro atoms. The van der Waals surface area contributed by atoms with Crippen LogP contribution in [0.5, 0.6) is 0 Å². The number of aliphatic carboxylic acids is 1. The van der Waals surface area contributed by atoms with Crippen LogP contribution in [-0.4, -0.2) is 20.9 Å². The Morgan fingerprint density at radius 1 is 1.35 bits per heavy atom. The summed E-state index contributed by atoms with van der Waals surface area (Å²) in [5.41, 5.74) is 0.0725. The normalized spacial score (nSPS) is 17.1. The Kier molecular flexibility index (Phi) is 2.74. The van der Waals surface area contributed by atoms with Gasteiger partial charge in [0.1, 0.15) is 29.2 Å². The van der Waals surface area contributed by atoms with E-state index in [-0.39, 0.29) is 11.3 Å². The molecule has 0 fully saturated rings. The zero-order chi connectivity index (χ0) is 14.3. The molecule has 0 amide bonds. The third-order valence-electron chi connectivity index (χ3n) is 3.03. The second-order valence-corrected chi connectivity index (χ2v) is 4.28. The van der Waals surface area contributed by atoms with E-state index in [0.717, 1.165) is 12.1 Å². The molecule has 0 aliphatic carbocycles. The molecule has 2 aromatic rings. The second kappa shape index (κ2) is 4.44. The van der Waals surface area contributed by atoms with Gasteiger partial charge in [-0.25, -0.2) is 18.3 Å². The van der Waals surface area contributed by atoms with Gasteiger partial charge >= 0.3 is 5.97 Å². The molecule has 2 N–H and O–H groups in total. The van der Waals surface area contributed by atoms with Crippen molar-refractivity contribution in [3.05, 3.63) is 59.4 Å². The molecule has 0 saturated heterocycles. The SMILES string of the molecule is O=C(O)C1=CC(c2ccc(F)cc2F)n2nccc2N1. The number of aromatic nitrogens is 2. The van der Waals surface area contributed by atoms with Crippen LogP contribution in [0.15, 0.2) is 42.2 Å². The Morgan fingerprint density at radius 3 is 2.85 bits per heavy atom. The minimum absolute atomic E-state index is 0.0771. The molecule has 1 aromatic carbocycles. The van der Waals surface area contributed by atoms with Gasteiger partial charge in [0.05, 0.1) is 6.20 Å². The van der Waals surface area contributed by atoms with Gasteiger partial charge < -0.3 is 10.4 Å². The maximum Gasteiger partial charge on any atom is 0.352 e. The molecule has 0 radical (unpaired) electrons. The molecule has 2 heterocycles. The summed E-state index contributed by atoms with van der Waals surface area (Å²) in [5.74, 6) is -2.17. The molecule has 1 aliphatic rings. The van der Waals surface area contributed by atoms with Crippen molar-refractivity contribution in [1.29, 1.82) is 0 Å². The lowest BCUT2D eigenvalue weighted by Gasteiger charge is -2.24. The first-order valence-corrected chi connectivity index (χ1v) is 5.77. The van der Waals surface area contributed by atoms with Gasteiger partial charge in [0, 0.05) is 17.7 Å². The van der Waals surface area contributed by atoms with E-state index < -0.39 is 23.6 Å². The molecular formula is C13H9F2N3O2. The van der Waals surface area contributed by atoms with E-state index >= 15 is 0 Å². The first-order chi connectivity index (χ1) is 9.56. The Labute approximate surface area is 112 Å². The number of hydrogen-bond donors (Lipinski definition) is 2. The second-order valence-electron chi connectivity index (χ2n) is 4.28. The van der Waals surface area contributed by atoms with Gasteiger partial charge in [-0.1, -0.05) is 6.07 Å². The van der Waals surface area contributed by atoms with Gasteiger partial charge in [0.2, 0.25) is 0 Å². The number of nitrogens with one attached hydrogen (secondary N) is 1. The van der Waals surface area contributed by atoms with Gasteiger partial charge in [-0.2, -0.15) is 5.10 Å². The summed E-state index contributed by atoms with van der Waals surface area (Å²) >= 11 is 0. The largest absolute Gasteiger partial charge is 0.477 e. The van der Waals surface area contributed by atoms with Gasteiger partial charge in [0.15, 0.2) is 0 Å². The topological polar surface area (TPSA) is 67.1 Å². The summed E-state index contributed by atoms with van der Waals surface area (Å²) in [6.45, 7) is 0. The molecule has 7 heteroatoms. The van der Waals surface area contributed by atoms with E-state index in [4.69, 9.17) is 5.11 Å². The van der Waals surface area contributed by atoms with Crippen LogP contribution < -0.4 is 5.32 Å². The molecule has 1 atom stereocenters. The van der Waals surface area contributed by atoms with E-state index in [1.165, 1.54) is 23.0 Å². The highest BCUT2D eigenvalue weighted by atomic mass is 19.1. The Balaban J connectivity index is 2.14. The number of hydrogen-bond acceptors (Lipinski definition) is 3. The molecular weight excluding hydrogens is 268 g/mol. The number of carboxylic acid groups (broad SMARTS) is 1. The molecule has 1 aromatic heterocycles. The average Bonchev–Trinajstić information content (AvgIpc) is 2.86. The van der Waals surface area contributed by atoms with Crippen LogP contribution >= 0.6 is 0 Å². The number of fused-ring (bicyclic) bond motifs is 1.